The van der Waals surface area contributed by atoms with Crippen molar-refractivity contribution in [3.8, 4) is 0 Å². The Bertz CT molecular complexity index is 383. The summed E-state index contributed by atoms with van der Waals surface area (Å²) >= 11 is 1.41. The van der Waals surface area contributed by atoms with Crippen LogP contribution >= 0.6 is 11.3 Å². The molecule has 0 saturated heterocycles. The first-order valence-corrected chi connectivity index (χ1v) is 5.81. The number of amides is 1. The Labute approximate surface area is 92.3 Å². The summed E-state index contributed by atoms with van der Waals surface area (Å²) in [6.45, 7) is 3.73. The first-order chi connectivity index (χ1) is 7.06. The lowest BCUT2D eigenvalue weighted by atomic mass is 9.89. The molecule has 1 heterocycles. The molecule has 0 atom stereocenters. The fourth-order valence-electron chi connectivity index (χ4n) is 1.70. The zero-order valence-corrected chi connectivity index (χ0v) is 9.60. The third kappa shape index (κ3) is 2.18. The highest BCUT2D eigenvalue weighted by Crippen LogP contribution is 2.22. The number of nitrogens with zero attached hydrogens (tertiary/aromatic N) is 1. The van der Waals surface area contributed by atoms with Crippen LogP contribution in [-0.4, -0.2) is 28.1 Å². The molecule has 15 heavy (non-hydrogen) atoms. The van der Waals surface area contributed by atoms with Gasteiger partial charge in [-0.15, -0.1) is 11.3 Å². The molecule has 0 spiro atoms. The maximum absolute atomic E-state index is 11.8. The molecule has 1 saturated carbocycles. The van der Waals surface area contributed by atoms with Gasteiger partial charge in [0.1, 0.15) is 4.88 Å². The van der Waals surface area contributed by atoms with Crippen molar-refractivity contribution in [1.29, 1.82) is 0 Å². The van der Waals surface area contributed by atoms with Crippen molar-refractivity contribution in [3.05, 3.63) is 15.6 Å². The molecule has 1 amide bonds. The predicted octanol–water partition coefficient (Wildman–Crippen LogP) is 1.01. The molecule has 2 rings (SSSR count). The van der Waals surface area contributed by atoms with E-state index < -0.39 is 0 Å². The molecule has 82 valence electrons. The van der Waals surface area contributed by atoms with E-state index in [-0.39, 0.29) is 18.1 Å². The molecule has 5 heteroatoms. The van der Waals surface area contributed by atoms with Crippen LogP contribution in [0.15, 0.2) is 0 Å². The normalized spacial score (nSPS) is 24.7. The Balaban J connectivity index is 1.99. The van der Waals surface area contributed by atoms with E-state index in [9.17, 15) is 4.79 Å². The first-order valence-electron chi connectivity index (χ1n) is 4.99. The molecule has 1 aliphatic rings. The van der Waals surface area contributed by atoms with Crippen LogP contribution in [0.25, 0.3) is 0 Å². The van der Waals surface area contributed by atoms with Gasteiger partial charge in [-0.05, 0) is 26.7 Å². The van der Waals surface area contributed by atoms with E-state index in [0.717, 1.165) is 10.7 Å². The number of nitrogens with one attached hydrogen (secondary N) is 1. The number of hydrogen-bond acceptors (Lipinski definition) is 4. The van der Waals surface area contributed by atoms with E-state index in [1.807, 2.05) is 13.8 Å². The lowest BCUT2D eigenvalue weighted by Crippen LogP contribution is -2.46. The topological polar surface area (TPSA) is 62.2 Å². The van der Waals surface area contributed by atoms with Gasteiger partial charge in [0, 0.05) is 6.04 Å². The zero-order valence-electron chi connectivity index (χ0n) is 8.78. The Hall–Kier alpha value is -0.940. The number of aliphatic hydroxyl groups excluding tert-OH is 1. The fourth-order valence-corrected chi connectivity index (χ4v) is 2.52. The van der Waals surface area contributed by atoms with Crippen LogP contribution in [0.4, 0.5) is 0 Å². The average molecular weight is 226 g/mol. The van der Waals surface area contributed by atoms with Crippen molar-refractivity contribution < 1.29 is 9.90 Å². The lowest BCUT2D eigenvalue weighted by molar-refractivity contribution is 0.0564. The van der Waals surface area contributed by atoms with Crippen LogP contribution < -0.4 is 5.32 Å². The van der Waals surface area contributed by atoms with Crippen molar-refractivity contribution >= 4 is 17.2 Å². The summed E-state index contributed by atoms with van der Waals surface area (Å²) in [6.07, 6.45) is 1.10. The molecular weight excluding hydrogens is 212 g/mol. The van der Waals surface area contributed by atoms with Gasteiger partial charge in [-0.1, -0.05) is 0 Å². The second-order valence-corrected chi connectivity index (χ2v) is 5.15. The van der Waals surface area contributed by atoms with Crippen molar-refractivity contribution in [2.45, 2.75) is 38.8 Å². The molecule has 0 radical (unpaired) electrons. The largest absolute Gasteiger partial charge is 0.393 e. The monoisotopic (exact) mass is 226 g/mol. The lowest BCUT2D eigenvalue weighted by Gasteiger charge is -2.31. The number of carbonyl (C=O) groups excluding carboxylic acids is 1. The van der Waals surface area contributed by atoms with E-state index in [1.165, 1.54) is 11.3 Å². The van der Waals surface area contributed by atoms with Crippen LogP contribution in [0.3, 0.4) is 0 Å². The molecule has 2 N–H and O–H groups in total. The third-order valence-electron chi connectivity index (χ3n) is 2.56. The van der Waals surface area contributed by atoms with Gasteiger partial charge in [-0.2, -0.15) is 0 Å². The number of rotatable bonds is 2. The van der Waals surface area contributed by atoms with E-state index in [4.69, 9.17) is 5.11 Å². The van der Waals surface area contributed by atoms with Gasteiger partial charge in [-0.25, -0.2) is 4.98 Å². The van der Waals surface area contributed by atoms with Gasteiger partial charge in [0.05, 0.1) is 16.8 Å². The van der Waals surface area contributed by atoms with Crippen LogP contribution in [0.1, 0.15) is 33.2 Å². The number of aryl methyl sites for hydroxylation is 2. The fraction of sp³-hybridized carbons (Fsp3) is 0.600. The summed E-state index contributed by atoms with van der Waals surface area (Å²) in [5.74, 6) is -0.0602. The predicted molar refractivity (Wildman–Crippen MR) is 58.1 cm³/mol. The number of hydrogen-bond donors (Lipinski definition) is 2. The SMILES string of the molecule is Cc1nc(C)c(C(=O)NC2CC(O)C2)s1. The molecular formula is C10H14N2O2S. The molecule has 1 aliphatic carbocycles. The van der Waals surface area contributed by atoms with Crippen molar-refractivity contribution in [1.82, 2.24) is 10.3 Å². The second kappa shape index (κ2) is 3.90. The first kappa shape index (κ1) is 10.6. The summed E-state index contributed by atoms with van der Waals surface area (Å²) in [5, 5.41) is 12.9. The van der Waals surface area contributed by atoms with E-state index in [2.05, 4.69) is 10.3 Å². The summed E-state index contributed by atoms with van der Waals surface area (Å²) in [5.41, 5.74) is 0.787. The zero-order chi connectivity index (χ0) is 11.0. The van der Waals surface area contributed by atoms with Gasteiger partial charge in [0.15, 0.2) is 0 Å². The Morgan fingerprint density at radius 1 is 1.53 bits per heavy atom. The summed E-state index contributed by atoms with van der Waals surface area (Å²) in [7, 11) is 0. The number of thiazole rings is 1. The molecule has 0 aliphatic heterocycles. The highest BCUT2D eigenvalue weighted by molar-refractivity contribution is 7.13. The second-order valence-electron chi connectivity index (χ2n) is 3.94. The van der Waals surface area contributed by atoms with Crippen LogP contribution in [0.2, 0.25) is 0 Å². The smallest absolute Gasteiger partial charge is 0.263 e. The van der Waals surface area contributed by atoms with Crippen molar-refractivity contribution in [2.75, 3.05) is 0 Å². The maximum atomic E-state index is 11.8. The highest BCUT2D eigenvalue weighted by atomic mass is 32.1. The van der Waals surface area contributed by atoms with Gasteiger partial charge in [-0.3, -0.25) is 4.79 Å². The number of carbonyl (C=O) groups is 1. The van der Waals surface area contributed by atoms with Gasteiger partial charge >= 0.3 is 0 Å². The third-order valence-corrected chi connectivity index (χ3v) is 3.63. The Morgan fingerprint density at radius 3 is 2.67 bits per heavy atom. The van der Waals surface area contributed by atoms with Crippen molar-refractivity contribution in [2.24, 2.45) is 0 Å². The number of aliphatic hydroxyl groups is 1. The van der Waals surface area contributed by atoms with E-state index >= 15 is 0 Å². The molecule has 1 aromatic rings. The summed E-state index contributed by atoms with van der Waals surface area (Å²) < 4.78 is 0. The molecule has 1 aromatic heterocycles. The van der Waals surface area contributed by atoms with E-state index in [1.54, 1.807) is 0 Å². The Kier molecular flexibility index (Phi) is 2.75. The minimum absolute atomic E-state index is 0.0602. The minimum Gasteiger partial charge on any atom is -0.393 e. The maximum Gasteiger partial charge on any atom is 0.263 e. The minimum atomic E-state index is -0.236. The molecule has 0 aromatic carbocycles. The summed E-state index contributed by atoms with van der Waals surface area (Å²) in [6, 6.07) is 0.134. The van der Waals surface area contributed by atoms with Gasteiger partial charge in [0.25, 0.3) is 5.91 Å². The molecule has 4 nitrogen and oxygen atoms in total. The highest BCUT2D eigenvalue weighted by Gasteiger charge is 2.29. The molecule has 0 bridgehead atoms. The van der Waals surface area contributed by atoms with Crippen LogP contribution in [0.5, 0.6) is 0 Å². The molecule has 0 unspecified atom stereocenters. The van der Waals surface area contributed by atoms with Gasteiger partial charge in [0.2, 0.25) is 0 Å². The summed E-state index contributed by atoms with van der Waals surface area (Å²) in [4.78, 5) is 16.7. The van der Waals surface area contributed by atoms with Crippen LogP contribution in [-0.2, 0) is 0 Å². The standard InChI is InChI=1S/C10H14N2O2S/c1-5-9(15-6(2)11-5)10(14)12-7-3-8(13)4-7/h7-8,13H,3-4H2,1-2H3,(H,12,14). The number of aromatic nitrogens is 1. The van der Waals surface area contributed by atoms with Crippen molar-refractivity contribution in [3.63, 3.8) is 0 Å². The van der Waals surface area contributed by atoms with E-state index in [0.29, 0.717) is 17.7 Å². The Morgan fingerprint density at radius 2 is 2.20 bits per heavy atom. The quantitative estimate of drug-likeness (QED) is 0.791. The van der Waals surface area contributed by atoms with Crippen LogP contribution in [0, 0.1) is 13.8 Å². The molecule has 1 fully saturated rings. The van der Waals surface area contributed by atoms with Gasteiger partial charge < -0.3 is 10.4 Å². The average Bonchev–Trinajstić information content (AvgIpc) is 2.42.